The van der Waals surface area contributed by atoms with E-state index in [-0.39, 0.29) is 5.78 Å². The SMILES string of the molecule is COc1cccc(C(=O)CN(C)C(C)Cc2cccs2)c1. The van der Waals surface area contributed by atoms with Crippen LogP contribution in [0.4, 0.5) is 0 Å². The minimum atomic E-state index is 0.120. The van der Waals surface area contributed by atoms with Crippen LogP contribution in [0.1, 0.15) is 22.2 Å². The topological polar surface area (TPSA) is 29.5 Å². The molecule has 2 rings (SSSR count). The Labute approximate surface area is 130 Å². The number of ketones is 1. The lowest BCUT2D eigenvalue weighted by atomic mass is 10.1. The number of thiophene rings is 1. The first kappa shape index (κ1) is 15.7. The minimum Gasteiger partial charge on any atom is -0.497 e. The fourth-order valence-electron chi connectivity index (χ4n) is 2.15. The van der Waals surface area contributed by atoms with E-state index < -0.39 is 0 Å². The molecule has 1 atom stereocenters. The van der Waals surface area contributed by atoms with Gasteiger partial charge in [0.05, 0.1) is 13.7 Å². The van der Waals surface area contributed by atoms with E-state index >= 15 is 0 Å². The number of carbonyl (C=O) groups excluding carboxylic acids is 1. The number of ether oxygens (including phenoxy) is 1. The van der Waals surface area contributed by atoms with Gasteiger partial charge in [0, 0.05) is 16.5 Å². The molecule has 2 aromatic rings. The monoisotopic (exact) mass is 303 g/mol. The lowest BCUT2D eigenvalue weighted by Crippen LogP contribution is -2.35. The zero-order valence-electron chi connectivity index (χ0n) is 12.7. The van der Waals surface area contributed by atoms with Gasteiger partial charge in [0.1, 0.15) is 5.75 Å². The van der Waals surface area contributed by atoms with Crippen LogP contribution in [0.25, 0.3) is 0 Å². The molecule has 0 saturated heterocycles. The summed E-state index contributed by atoms with van der Waals surface area (Å²) in [7, 11) is 3.61. The largest absolute Gasteiger partial charge is 0.497 e. The summed E-state index contributed by atoms with van der Waals surface area (Å²) in [4.78, 5) is 15.8. The van der Waals surface area contributed by atoms with Gasteiger partial charge in [-0.2, -0.15) is 0 Å². The lowest BCUT2D eigenvalue weighted by molar-refractivity contribution is 0.0924. The fourth-order valence-corrected chi connectivity index (χ4v) is 2.97. The maximum absolute atomic E-state index is 12.3. The van der Waals surface area contributed by atoms with E-state index in [1.165, 1.54) is 4.88 Å². The van der Waals surface area contributed by atoms with Gasteiger partial charge in [-0.3, -0.25) is 9.69 Å². The Bertz CT molecular complexity index is 580. The molecule has 0 bridgehead atoms. The van der Waals surface area contributed by atoms with Crippen LogP contribution in [0.3, 0.4) is 0 Å². The number of rotatable bonds is 7. The molecule has 4 heteroatoms. The molecule has 0 spiro atoms. The van der Waals surface area contributed by atoms with Crippen LogP contribution in [0.15, 0.2) is 41.8 Å². The van der Waals surface area contributed by atoms with Crippen molar-refractivity contribution in [2.75, 3.05) is 20.7 Å². The highest BCUT2D eigenvalue weighted by Gasteiger charge is 2.15. The van der Waals surface area contributed by atoms with E-state index in [1.807, 2.05) is 25.2 Å². The highest BCUT2D eigenvalue weighted by Crippen LogP contribution is 2.16. The second kappa shape index (κ2) is 7.38. The smallest absolute Gasteiger partial charge is 0.176 e. The zero-order valence-corrected chi connectivity index (χ0v) is 13.5. The third-order valence-corrected chi connectivity index (χ3v) is 4.51. The van der Waals surface area contributed by atoms with Crippen molar-refractivity contribution in [2.45, 2.75) is 19.4 Å². The average molecular weight is 303 g/mol. The maximum atomic E-state index is 12.3. The molecule has 0 fully saturated rings. The van der Waals surface area contributed by atoms with E-state index in [2.05, 4.69) is 29.3 Å². The van der Waals surface area contributed by atoms with Gasteiger partial charge in [0.2, 0.25) is 0 Å². The first-order chi connectivity index (χ1) is 10.1. The summed E-state index contributed by atoms with van der Waals surface area (Å²) in [6, 6.07) is 11.9. The number of Topliss-reactive ketones (excluding diaryl/α,β-unsaturated/α-hetero) is 1. The van der Waals surface area contributed by atoms with E-state index in [0.717, 1.165) is 12.2 Å². The van der Waals surface area contributed by atoms with Crippen LogP contribution in [0.5, 0.6) is 5.75 Å². The molecule has 1 aromatic heterocycles. The van der Waals surface area contributed by atoms with Crippen molar-refractivity contribution in [3.63, 3.8) is 0 Å². The molecule has 1 unspecified atom stereocenters. The summed E-state index contributed by atoms with van der Waals surface area (Å²) in [5.74, 6) is 0.838. The van der Waals surface area contributed by atoms with Crippen LogP contribution in [0.2, 0.25) is 0 Å². The van der Waals surface area contributed by atoms with Crippen LogP contribution in [0, 0.1) is 0 Å². The summed E-state index contributed by atoms with van der Waals surface area (Å²) in [5, 5.41) is 2.09. The number of likely N-dealkylation sites (N-methyl/N-ethyl adjacent to an activating group) is 1. The summed E-state index contributed by atoms with van der Waals surface area (Å²) >= 11 is 1.76. The van der Waals surface area contributed by atoms with E-state index in [1.54, 1.807) is 24.5 Å². The molecule has 0 saturated carbocycles. The van der Waals surface area contributed by atoms with E-state index in [0.29, 0.717) is 18.2 Å². The van der Waals surface area contributed by atoms with Gasteiger partial charge in [0.15, 0.2) is 5.78 Å². The lowest BCUT2D eigenvalue weighted by Gasteiger charge is -2.23. The first-order valence-corrected chi connectivity index (χ1v) is 7.88. The Morgan fingerprint density at radius 3 is 2.81 bits per heavy atom. The summed E-state index contributed by atoms with van der Waals surface area (Å²) < 4.78 is 5.16. The van der Waals surface area contributed by atoms with Gasteiger partial charge in [-0.1, -0.05) is 18.2 Å². The molecule has 0 N–H and O–H groups in total. The van der Waals surface area contributed by atoms with E-state index in [4.69, 9.17) is 4.74 Å². The molecule has 0 amide bonds. The van der Waals surface area contributed by atoms with Gasteiger partial charge >= 0.3 is 0 Å². The first-order valence-electron chi connectivity index (χ1n) is 7.00. The quantitative estimate of drug-likeness (QED) is 0.733. The molecule has 1 heterocycles. The van der Waals surface area contributed by atoms with Crippen LogP contribution >= 0.6 is 11.3 Å². The highest BCUT2D eigenvalue weighted by atomic mass is 32.1. The number of hydrogen-bond acceptors (Lipinski definition) is 4. The van der Waals surface area contributed by atoms with Crippen LogP contribution in [-0.2, 0) is 6.42 Å². The van der Waals surface area contributed by atoms with Crippen molar-refractivity contribution in [2.24, 2.45) is 0 Å². The molecule has 0 aliphatic heterocycles. The Balaban J connectivity index is 1.94. The molecule has 0 radical (unpaired) electrons. The van der Waals surface area contributed by atoms with Crippen molar-refractivity contribution in [1.29, 1.82) is 0 Å². The molecule has 112 valence electrons. The Morgan fingerprint density at radius 1 is 1.33 bits per heavy atom. The Hall–Kier alpha value is -1.65. The third kappa shape index (κ3) is 4.41. The van der Waals surface area contributed by atoms with Crippen molar-refractivity contribution in [3.05, 3.63) is 52.2 Å². The highest BCUT2D eigenvalue weighted by molar-refractivity contribution is 7.09. The van der Waals surface area contributed by atoms with Gasteiger partial charge in [-0.15, -0.1) is 11.3 Å². The number of benzene rings is 1. The molecule has 21 heavy (non-hydrogen) atoms. The Kier molecular flexibility index (Phi) is 5.53. The second-order valence-electron chi connectivity index (χ2n) is 5.20. The number of carbonyl (C=O) groups is 1. The van der Waals surface area contributed by atoms with Gasteiger partial charge in [-0.05, 0) is 44.0 Å². The zero-order chi connectivity index (χ0) is 15.2. The molecule has 3 nitrogen and oxygen atoms in total. The van der Waals surface area contributed by atoms with Gasteiger partial charge in [-0.25, -0.2) is 0 Å². The minimum absolute atomic E-state index is 0.120. The second-order valence-corrected chi connectivity index (χ2v) is 6.24. The molecular weight excluding hydrogens is 282 g/mol. The van der Waals surface area contributed by atoms with Gasteiger partial charge < -0.3 is 4.74 Å². The van der Waals surface area contributed by atoms with Gasteiger partial charge in [0.25, 0.3) is 0 Å². The number of hydrogen-bond donors (Lipinski definition) is 0. The van der Waals surface area contributed by atoms with Crippen molar-refractivity contribution >= 4 is 17.1 Å². The van der Waals surface area contributed by atoms with E-state index in [9.17, 15) is 4.79 Å². The number of nitrogens with zero attached hydrogens (tertiary/aromatic N) is 1. The van der Waals surface area contributed by atoms with Crippen molar-refractivity contribution in [3.8, 4) is 5.75 Å². The van der Waals surface area contributed by atoms with Crippen LogP contribution in [-0.4, -0.2) is 37.4 Å². The molecule has 0 aliphatic carbocycles. The predicted molar refractivity (Wildman–Crippen MR) is 87.4 cm³/mol. The standard InChI is InChI=1S/C17H21NO2S/c1-13(10-16-8-5-9-21-16)18(2)12-17(19)14-6-4-7-15(11-14)20-3/h4-9,11,13H,10,12H2,1-3H3. The normalized spacial score (nSPS) is 12.4. The predicted octanol–water partition coefficient (Wildman–Crippen LogP) is 3.50. The molecular formula is C17H21NO2S. The maximum Gasteiger partial charge on any atom is 0.176 e. The van der Waals surface area contributed by atoms with Crippen molar-refractivity contribution in [1.82, 2.24) is 4.90 Å². The average Bonchev–Trinajstić information content (AvgIpc) is 3.00. The summed E-state index contributed by atoms with van der Waals surface area (Å²) in [5.41, 5.74) is 0.699. The van der Waals surface area contributed by atoms with Crippen molar-refractivity contribution < 1.29 is 9.53 Å². The Morgan fingerprint density at radius 2 is 2.14 bits per heavy atom. The summed E-state index contributed by atoms with van der Waals surface area (Å²) in [6.07, 6.45) is 0.972. The van der Waals surface area contributed by atoms with Crippen LogP contribution < -0.4 is 4.74 Å². The number of methoxy groups -OCH3 is 1. The third-order valence-electron chi connectivity index (χ3n) is 3.61. The molecule has 0 aliphatic rings. The fraction of sp³-hybridized carbons (Fsp3) is 0.353. The molecule has 1 aromatic carbocycles. The summed E-state index contributed by atoms with van der Waals surface area (Å²) in [6.45, 7) is 2.57.